The maximum Gasteiger partial charge on any atom is 0.339 e. The molecule has 0 saturated carbocycles. The van der Waals surface area contributed by atoms with Crippen molar-refractivity contribution in [1.29, 1.82) is 0 Å². The van der Waals surface area contributed by atoms with Crippen molar-refractivity contribution in [3.05, 3.63) is 166 Å². The molecule has 5 aliphatic heterocycles. The summed E-state index contributed by atoms with van der Waals surface area (Å²) in [6.45, 7) is 21.4. The number of benzene rings is 3. The Morgan fingerprint density at radius 1 is 0.444 bits per heavy atom. The molecule has 3 aromatic heterocycles. The topological polar surface area (TPSA) is 257 Å². The molecular formula is C69H84N12O9. The monoisotopic (exact) mass is 1220 g/mol. The highest BCUT2D eigenvalue weighted by molar-refractivity contribution is 6.07. The van der Waals surface area contributed by atoms with Crippen LogP contribution in [0.15, 0.2) is 116 Å². The Morgan fingerprint density at radius 2 is 0.800 bits per heavy atom. The molecule has 21 nitrogen and oxygen atoms in total. The molecule has 8 heterocycles. The van der Waals surface area contributed by atoms with E-state index >= 15 is 0 Å². The molecule has 6 N–H and O–H groups in total. The lowest BCUT2D eigenvalue weighted by Gasteiger charge is -2.40. The van der Waals surface area contributed by atoms with E-state index in [9.17, 15) is 44.1 Å². The number of carbonyl (C=O) groups is 6. The number of carboxylic acids is 3. The van der Waals surface area contributed by atoms with E-state index in [1.54, 1.807) is 47.6 Å². The number of rotatable bonds is 15. The lowest BCUT2D eigenvalue weighted by atomic mass is 9.99. The second kappa shape index (κ2) is 30.8. The first kappa shape index (κ1) is 65.2. The summed E-state index contributed by atoms with van der Waals surface area (Å²) in [5.74, 6) is -2.31. The first-order valence-corrected chi connectivity index (χ1v) is 31.4. The minimum absolute atomic E-state index is 0.000308. The van der Waals surface area contributed by atoms with E-state index in [0.717, 1.165) is 68.6 Å². The second-order valence-electron chi connectivity index (χ2n) is 23.8. The molecule has 21 heteroatoms. The number of anilines is 6. The number of likely N-dealkylation sites (tertiary alicyclic amines) is 2. The van der Waals surface area contributed by atoms with E-state index < -0.39 is 17.9 Å². The average Bonchev–Trinajstić information content (AvgIpc) is 1.32. The number of carboxylic acid groups (broad SMARTS) is 3. The van der Waals surface area contributed by atoms with Crippen molar-refractivity contribution in [2.45, 2.75) is 104 Å². The minimum atomic E-state index is -1.12. The van der Waals surface area contributed by atoms with Crippen LogP contribution in [0.4, 0.5) is 34.5 Å². The van der Waals surface area contributed by atoms with Gasteiger partial charge in [-0.2, -0.15) is 0 Å². The predicted molar refractivity (Wildman–Crippen MR) is 351 cm³/mol. The number of aryl methyl sites for hydroxylation is 3. The first-order chi connectivity index (χ1) is 43.4. The van der Waals surface area contributed by atoms with Crippen LogP contribution in [0.3, 0.4) is 0 Å². The molecular weight excluding hydrogens is 1140 g/mol. The number of pyridine rings is 3. The molecule has 0 atom stereocenters. The van der Waals surface area contributed by atoms with Gasteiger partial charge in [0.25, 0.3) is 11.8 Å². The average molecular weight is 1230 g/mol. The van der Waals surface area contributed by atoms with Crippen LogP contribution in [0.1, 0.15) is 145 Å². The van der Waals surface area contributed by atoms with Gasteiger partial charge >= 0.3 is 17.9 Å². The smallest absolute Gasteiger partial charge is 0.339 e. The number of nitrogens with one attached hydrogen (secondary N) is 3. The fourth-order valence-corrected chi connectivity index (χ4v) is 12.5. The number of carbonyl (C=O) groups excluding carboxylic acids is 3. The number of hydrogen-bond acceptors (Lipinski definition) is 15. The lowest BCUT2D eigenvalue weighted by Crippen LogP contribution is -2.48. The standard InChI is InChI=1S/C25H32N4O2.C24H30N4O3.C20H22N4O4/c1-18-6-8-20(9-7-18)19(2)27-21-16-23(25(30)31)24(26-17-21)29-14-10-22(11-15-29)28-12-4-3-5-13-28;1-17-7-3-4-8-20(17)23(29)26-18-15-21(24(30)31)22(25-16-18)28-13-9-19(10-14-28)27-11-5-2-6-12-27;1-13-5-3-4-6-16(13)19(26)22-15-11-17(20(27)28)18(21-12-15)24-9-7-23(8-10-24)14(2)25/h6-9,16-17,22,27H,2-5,10-15H2,1H3,(H,30,31);3-4,7-8,15-16,19H,2,5-6,9-14H2,1H3,(H,26,29)(H,30,31);3-6,11-12H,7-10H2,1-2H3,(H,22,26)(H,27,28). The molecule has 3 amide bonds. The van der Waals surface area contributed by atoms with E-state index in [1.807, 2.05) is 74.2 Å². The fraction of sp³-hybridized carbons (Fsp3) is 0.406. The molecule has 5 aliphatic rings. The van der Waals surface area contributed by atoms with Crippen molar-refractivity contribution >= 4 is 75.8 Å². The highest BCUT2D eigenvalue weighted by Crippen LogP contribution is 2.31. The van der Waals surface area contributed by atoms with Gasteiger partial charge in [0.05, 0.1) is 35.7 Å². The number of aromatic carboxylic acids is 3. The summed E-state index contributed by atoms with van der Waals surface area (Å²) in [7, 11) is 0. The fourth-order valence-electron chi connectivity index (χ4n) is 12.5. The third-order valence-corrected chi connectivity index (χ3v) is 17.6. The number of amides is 3. The molecule has 0 unspecified atom stereocenters. The van der Waals surface area contributed by atoms with Crippen LogP contribution < -0.4 is 30.7 Å². The van der Waals surface area contributed by atoms with E-state index in [1.165, 1.54) is 95.5 Å². The zero-order chi connectivity index (χ0) is 63.8. The van der Waals surface area contributed by atoms with Crippen molar-refractivity contribution < 1.29 is 44.1 Å². The maximum atomic E-state index is 12.6. The van der Waals surface area contributed by atoms with Gasteiger partial charge < -0.3 is 60.7 Å². The summed E-state index contributed by atoms with van der Waals surface area (Å²) in [5, 5.41) is 37.9. The third-order valence-electron chi connectivity index (χ3n) is 17.6. The Morgan fingerprint density at radius 3 is 1.16 bits per heavy atom. The molecule has 90 heavy (non-hydrogen) atoms. The Labute approximate surface area is 526 Å². The second-order valence-corrected chi connectivity index (χ2v) is 23.8. The zero-order valence-corrected chi connectivity index (χ0v) is 52.1. The van der Waals surface area contributed by atoms with Crippen molar-refractivity contribution in [3.63, 3.8) is 0 Å². The van der Waals surface area contributed by atoms with Gasteiger partial charge in [-0.15, -0.1) is 0 Å². The molecule has 3 aromatic carbocycles. The quantitative estimate of drug-likeness (QED) is 0.0559. The van der Waals surface area contributed by atoms with Gasteiger partial charge in [0.2, 0.25) is 5.91 Å². The van der Waals surface area contributed by atoms with Gasteiger partial charge in [-0.1, -0.05) is 85.6 Å². The van der Waals surface area contributed by atoms with Crippen molar-refractivity contribution in [2.24, 2.45) is 0 Å². The molecule has 0 spiro atoms. The van der Waals surface area contributed by atoms with Gasteiger partial charge in [0, 0.05) is 88.2 Å². The first-order valence-electron chi connectivity index (χ1n) is 31.4. The summed E-state index contributed by atoms with van der Waals surface area (Å²) < 4.78 is 0. The van der Waals surface area contributed by atoms with Crippen LogP contribution in [0.5, 0.6) is 0 Å². The highest BCUT2D eigenvalue weighted by Gasteiger charge is 2.31. The molecule has 0 aliphatic carbocycles. The van der Waals surface area contributed by atoms with E-state index in [2.05, 4.69) is 57.1 Å². The maximum absolute atomic E-state index is 12.6. The Hall–Kier alpha value is -9.21. The summed E-state index contributed by atoms with van der Waals surface area (Å²) in [6, 6.07) is 28.3. The molecule has 0 bridgehead atoms. The van der Waals surface area contributed by atoms with Crippen LogP contribution >= 0.6 is 0 Å². The largest absolute Gasteiger partial charge is 0.478 e. The number of hydrogen-bond donors (Lipinski definition) is 6. The van der Waals surface area contributed by atoms with Gasteiger partial charge in [-0.25, -0.2) is 29.3 Å². The van der Waals surface area contributed by atoms with Gasteiger partial charge in [-0.05, 0) is 145 Å². The van der Waals surface area contributed by atoms with Crippen LogP contribution in [-0.4, -0.2) is 171 Å². The summed E-state index contributed by atoms with van der Waals surface area (Å²) in [5.41, 5.74) is 7.33. The van der Waals surface area contributed by atoms with Crippen LogP contribution in [0.2, 0.25) is 0 Å². The SMILES string of the molecule is C=C(Nc1cnc(N2CCC(N3CCCCC3)CC2)c(C(=O)O)c1)c1ccc(C)cc1.CC(=O)N1CCN(c2ncc(NC(=O)c3ccccc3C)cc2C(=O)O)CC1.Cc1ccccc1C(=O)Nc1cnc(N2CCC(N3CCCCC3)CC2)c(C(=O)O)c1. The Bertz CT molecular complexity index is 3530. The highest BCUT2D eigenvalue weighted by atomic mass is 16.4. The molecule has 5 saturated heterocycles. The van der Waals surface area contributed by atoms with Crippen molar-refractivity contribution in [2.75, 3.05) is 109 Å². The van der Waals surface area contributed by atoms with Crippen molar-refractivity contribution in [3.8, 4) is 0 Å². The van der Waals surface area contributed by atoms with E-state index in [-0.39, 0.29) is 34.4 Å². The van der Waals surface area contributed by atoms with Gasteiger partial charge in [0.15, 0.2) is 0 Å². The molecule has 0 radical (unpaired) electrons. The molecule has 474 valence electrons. The van der Waals surface area contributed by atoms with Crippen LogP contribution in [-0.2, 0) is 4.79 Å². The van der Waals surface area contributed by atoms with E-state index in [0.29, 0.717) is 89.6 Å². The van der Waals surface area contributed by atoms with Crippen LogP contribution in [0, 0.1) is 20.8 Å². The Kier molecular flexibility index (Phi) is 22.3. The molecule has 6 aromatic rings. The van der Waals surface area contributed by atoms with Crippen LogP contribution in [0.25, 0.3) is 5.70 Å². The number of aromatic nitrogens is 3. The molecule has 5 fully saturated rings. The number of piperazine rings is 1. The van der Waals surface area contributed by atoms with Crippen molar-refractivity contribution in [1.82, 2.24) is 29.7 Å². The number of piperidine rings is 4. The lowest BCUT2D eigenvalue weighted by molar-refractivity contribution is -0.129. The normalized spacial score (nSPS) is 16.8. The van der Waals surface area contributed by atoms with Gasteiger partial charge in [0.1, 0.15) is 34.1 Å². The molecule has 11 rings (SSSR count). The minimum Gasteiger partial charge on any atom is -0.478 e. The predicted octanol–water partition coefficient (Wildman–Crippen LogP) is 10.4. The summed E-state index contributed by atoms with van der Waals surface area (Å²) >= 11 is 0. The summed E-state index contributed by atoms with van der Waals surface area (Å²) in [6.07, 6.45) is 16.7. The number of nitrogens with zero attached hydrogens (tertiary/aromatic N) is 9. The summed E-state index contributed by atoms with van der Waals surface area (Å²) in [4.78, 5) is 98.5. The third kappa shape index (κ3) is 16.9. The van der Waals surface area contributed by atoms with Gasteiger partial charge in [-0.3, -0.25) is 14.4 Å². The zero-order valence-electron chi connectivity index (χ0n) is 52.1. The van der Waals surface area contributed by atoms with E-state index in [4.69, 9.17) is 0 Å². The Balaban J connectivity index is 0.000000160.